The summed E-state index contributed by atoms with van der Waals surface area (Å²) in [6.07, 6.45) is 5.79. The average molecular weight is 283 g/mol. The van der Waals surface area contributed by atoms with E-state index in [-0.39, 0.29) is 5.82 Å². The predicted octanol–water partition coefficient (Wildman–Crippen LogP) is 3.02. The minimum Gasteiger partial charge on any atom is -0.301 e. The molecule has 0 saturated carbocycles. The molecule has 0 N–H and O–H groups in total. The zero-order chi connectivity index (χ0) is 15.0. The van der Waals surface area contributed by atoms with Gasteiger partial charge < -0.3 is 4.57 Å². The molecule has 0 aliphatic rings. The quantitative estimate of drug-likeness (QED) is 0.547. The lowest BCUT2D eigenvalue weighted by molar-refractivity contribution is -0.104. The summed E-state index contributed by atoms with van der Waals surface area (Å²) in [5.74, 6) is 0.578. The Balaban J connectivity index is 2.27. The Morgan fingerprint density at radius 1 is 1.29 bits per heavy atom. The fourth-order valence-electron chi connectivity index (χ4n) is 2.58. The van der Waals surface area contributed by atoms with E-state index in [1.54, 1.807) is 16.8 Å². The summed E-state index contributed by atoms with van der Waals surface area (Å²) in [5.41, 5.74) is 2.58. The second-order valence-corrected chi connectivity index (χ2v) is 4.83. The van der Waals surface area contributed by atoms with Crippen molar-refractivity contribution < 1.29 is 9.18 Å². The molecule has 0 aliphatic heterocycles. The Morgan fingerprint density at radius 3 is 2.86 bits per heavy atom. The summed E-state index contributed by atoms with van der Waals surface area (Å²) >= 11 is 0. The summed E-state index contributed by atoms with van der Waals surface area (Å²) in [5, 5.41) is 5.22. The molecule has 3 aromatic rings. The van der Waals surface area contributed by atoms with Gasteiger partial charge in [0.05, 0.1) is 11.2 Å². The van der Waals surface area contributed by atoms with Crippen LogP contribution in [0.4, 0.5) is 4.39 Å². The van der Waals surface area contributed by atoms with Crippen molar-refractivity contribution in [2.75, 3.05) is 0 Å². The zero-order valence-electron chi connectivity index (χ0n) is 11.7. The van der Waals surface area contributed by atoms with Crippen molar-refractivity contribution in [3.8, 4) is 5.82 Å². The van der Waals surface area contributed by atoms with Crippen LogP contribution in [0.1, 0.15) is 11.3 Å². The number of benzene rings is 1. The van der Waals surface area contributed by atoms with Crippen LogP contribution in [0, 0.1) is 12.7 Å². The number of aryl methyl sites for hydroxylation is 2. The van der Waals surface area contributed by atoms with E-state index in [1.807, 2.05) is 30.8 Å². The minimum atomic E-state index is -0.262. The minimum absolute atomic E-state index is 0.262. The second-order valence-electron chi connectivity index (χ2n) is 4.83. The molecular weight excluding hydrogens is 269 g/mol. The van der Waals surface area contributed by atoms with Crippen LogP contribution in [0.25, 0.3) is 22.8 Å². The highest BCUT2D eigenvalue weighted by molar-refractivity contribution is 5.83. The van der Waals surface area contributed by atoms with Crippen molar-refractivity contribution in [3.63, 3.8) is 0 Å². The van der Waals surface area contributed by atoms with Crippen molar-refractivity contribution in [1.29, 1.82) is 0 Å². The molecule has 21 heavy (non-hydrogen) atoms. The fraction of sp³-hybridized carbons (Fsp3) is 0.125. The van der Waals surface area contributed by atoms with E-state index in [1.165, 1.54) is 18.2 Å². The fourth-order valence-corrected chi connectivity index (χ4v) is 2.58. The van der Waals surface area contributed by atoms with Gasteiger partial charge in [-0.1, -0.05) is 0 Å². The van der Waals surface area contributed by atoms with Crippen LogP contribution in [0.5, 0.6) is 0 Å². The summed E-state index contributed by atoms with van der Waals surface area (Å²) in [4.78, 5) is 10.6. The first-order valence-corrected chi connectivity index (χ1v) is 6.54. The van der Waals surface area contributed by atoms with E-state index in [0.29, 0.717) is 0 Å². The van der Waals surface area contributed by atoms with Gasteiger partial charge in [-0.3, -0.25) is 9.48 Å². The van der Waals surface area contributed by atoms with Gasteiger partial charge in [0.1, 0.15) is 17.9 Å². The van der Waals surface area contributed by atoms with E-state index < -0.39 is 0 Å². The maximum absolute atomic E-state index is 13.3. The Bertz CT molecular complexity index is 858. The molecule has 5 heteroatoms. The molecule has 0 saturated heterocycles. The van der Waals surface area contributed by atoms with Crippen LogP contribution >= 0.6 is 0 Å². The summed E-state index contributed by atoms with van der Waals surface area (Å²) < 4.78 is 17.0. The normalized spacial score (nSPS) is 11.6. The maximum atomic E-state index is 13.3. The van der Waals surface area contributed by atoms with Gasteiger partial charge in [-0.2, -0.15) is 5.10 Å². The molecule has 0 fully saturated rings. The van der Waals surface area contributed by atoms with Crippen molar-refractivity contribution >= 4 is 23.3 Å². The average Bonchev–Trinajstić information content (AvgIpc) is 2.96. The van der Waals surface area contributed by atoms with E-state index >= 15 is 0 Å². The number of rotatable bonds is 3. The summed E-state index contributed by atoms with van der Waals surface area (Å²) in [7, 11) is 1.84. The molecule has 2 aromatic heterocycles. The largest absolute Gasteiger partial charge is 0.301 e. The van der Waals surface area contributed by atoms with Gasteiger partial charge in [0.2, 0.25) is 0 Å². The lowest BCUT2D eigenvalue weighted by Crippen LogP contribution is -2.03. The molecule has 0 aliphatic carbocycles. The number of nitrogens with zero attached hydrogens (tertiary/aromatic N) is 3. The molecule has 1 aromatic carbocycles. The van der Waals surface area contributed by atoms with E-state index in [2.05, 4.69) is 5.10 Å². The number of allylic oxidation sites excluding steroid dienone is 1. The van der Waals surface area contributed by atoms with Gasteiger partial charge >= 0.3 is 0 Å². The first-order valence-electron chi connectivity index (χ1n) is 6.54. The highest BCUT2D eigenvalue weighted by Gasteiger charge is 2.14. The summed E-state index contributed by atoms with van der Waals surface area (Å²) in [6.45, 7) is 1.89. The molecule has 0 unspecified atom stereocenters. The molecule has 4 nitrogen and oxygen atoms in total. The highest BCUT2D eigenvalue weighted by atomic mass is 19.1. The van der Waals surface area contributed by atoms with Gasteiger partial charge in [0.15, 0.2) is 0 Å². The van der Waals surface area contributed by atoms with Gasteiger partial charge in [-0.15, -0.1) is 0 Å². The Labute approximate surface area is 121 Å². The summed E-state index contributed by atoms with van der Waals surface area (Å²) in [6, 6.07) is 6.52. The van der Waals surface area contributed by atoms with Crippen LogP contribution in [-0.4, -0.2) is 20.6 Å². The predicted molar refractivity (Wildman–Crippen MR) is 79.8 cm³/mol. The molecule has 106 valence electrons. The topological polar surface area (TPSA) is 39.8 Å². The number of carbonyl (C=O) groups excluding carboxylic acids is 1. The molecule has 2 heterocycles. The number of aromatic nitrogens is 3. The van der Waals surface area contributed by atoms with Gasteiger partial charge in [0, 0.05) is 24.2 Å². The van der Waals surface area contributed by atoms with Crippen LogP contribution in [0.3, 0.4) is 0 Å². The van der Waals surface area contributed by atoms with Gasteiger partial charge in [-0.05, 0) is 43.3 Å². The first-order chi connectivity index (χ1) is 10.1. The van der Waals surface area contributed by atoms with Crippen molar-refractivity contribution in [2.45, 2.75) is 6.92 Å². The van der Waals surface area contributed by atoms with Crippen molar-refractivity contribution in [3.05, 3.63) is 53.6 Å². The number of aldehydes is 1. The molecule has 0 atom stereocenters. The number of hydrogen-bond donors (Lipinski definition) is 0. The van der Waals surface area contributed by atoms with Crippen molar-refractivity contribution in [1.82, 2.24) is 14.3 Å². The molecule has 3 rings (SSSR count). The number of hydrogen-bond acceptors (Lipinski definition) is 2. The molecule has 0 spiro atoms. The molecule has 0 bridgehead atoms. The van der Waals surface area contributed by atoms with E-state index in [4.69, 9.17) is 0 Å². The molecular formula is C16H14FN3O. The van der Waals surface area contributed by atoms with E-state index in [0.717, 1.165) is 34.3 Å². The van der Waals surface area contributed by atoms with Crippen LogP contribution in [0.15, 0.2) is 36.5 Å². The molecule has 0 radical (unpaired) electrons. The van der Waals surface area contributed by atoms with Crippen LogP contribution in [-0.2, 0) is 11.8 Å². The van der Waals surface area contributed by atoms with Gasteiger partial charge in [-0.25, -0.2) is 4.39 Å². The lowest BCUT2D eigenvalue weighted by atomic mass is 10.2. The third-order valence-corrected chi connectivity index (χ3v) is 3.46. The number of carbonyl (C=O) groups is 1. The Kier molecular flexibility index (Phi) is 3.17. The number of fused-ring (bicyclic) bond motifs is 1. The number of halogens is 1. The SMILES string of the molecule is Cc1nn(C)c(-n2ccc3cc(F)ccc32)c1/C=C/C=O. The second kappa shape index (κ2) is 5.01. The van der Waals surface area contributed by atoms with Crippen molar-refractivity contribution in [2.24, 2.45) is 7.05 Å². The first kappa shape index (κ1) is 13.3. The smallest absolute Gasteiger partial charge is 0.142 e. The highest BCUT2D eigenvalue weighted by Crippen LogP contribution is 2.25. The molecule has 0 amide bonds. The van der Waals surface area contributed by atoms with E-state index in [9.17, 15) is 9.18 Å². The van der Waals surface area contributed by atoms with Crippen LogP contribution in [0.2, 0.25) is 0 Å². The monoisotopic (exact) mass is 283 g/mol. The Hall–Kier alpha value is -2.69. The lowest BCUT2D eigenvalue weighted by Gasteiger charge is -2.07. The standard InChI is InChI=1S/C16H14FN3O/c1-11-14(4-3-9-21)16(19(2)18-11)20-8-7-12-10-13(17)5-6-15(12)20/h3-10H,1-2H3/b4-3+. The van der Waals surface area contributed by atoms with Crippen LogP contribution < -0.4 is 0 Å². The third kappa shape index (κ3) is 2.16. The zero-order valence-corrected chi connectivity index (χ0v) is 11.7. The maximum Gasteiger partial charge on any atom is 0.142 e. The third-order valence-electron chi connectivity index (χ3n) is 3.46. The Morgan fingerprint density at radius 2 is 2.10 bits per heavy atom. The van der Waals surface area contributed by atoms with Gasteiger partial charge in [0.25, 0.3) is 0 Å².